The Labute approximate surface area is 96.2 Å². The van der Waals surface area contributed by atoms with Crippen molar-refractivity contribution in [2.24, 2.45) is 0 Å². The van der Waals surface area contributed by atoms with Crippen molar-refractivity contribution in [1.29, 1.82) is 0 Å². The summed E-state index contributed by atoms with van der Waals surface area (Å²) in [6.07, 6.45) is 3.75. The summed E-state index contributed by atoms with van der Waals surface area (Å²) >= 11 is 1.66. The molecule has 14 heavy (non-hydrogen) atoms. The molecule has 0 aliphatic heterocycles. The van der Waals surface area contributed by atoms with Crippen molar-refractivity contribution in [3.05, 3.63) is 35.6 Å². The quantitative estimate of drug-likeness (QED) is 0.508. The van der Waals surface area contributed by atoms with Crippen molar-refractivity contribution < 1.29 is 0 Å². The lowest BCUT2D eigenvalue weighted by Crippen LogP contribution is -1.51. The van der Waals surface area contributed by atoms with Crippen molar-refractivity contribution in [3.63, 3.8) is 0 Å². The molecule has 0 rings (SSSR count). The zero-order valence-corrected chi connectivity index (χ0v) is 11.9. The van der Waals surface area contributed by atoms with E-state index >= 15 is 0 Å². The van der Waals surface area contributed by atoms with Gasteiger partial charge in [-0.05, 0) is 31.1 Å². The number of thioether (sulfide) groups is 1. The predicted molar refractivity (Wildman–Crippen MR) is 75.8 cm³/mol. The van der Waals surface area contributed by atoms with Gasteiger partial charge in [0.15, 0.2) is 0 Å². The topological polar surface area (TPSA) is 0 Å². The highest BCUT2D eigenvalue weighted by atomic mass is 32.2. The minimum Gasteiger partial charge on any atom is -0.104 e. The van der Waals surface area contributed by atoms with Crippen LogP contribution in [0.15, 0.2) is 35.6 Å². The Hall–Kier alpha value is -0.430. The highest BCUT2D eigenvalue weighted by Crippen LogP contribution is 2.11. The first-order valence-corrected chi connectivity index (χ1v) is 6.07. The van der Waals surface area contributed by atoms with Crippen molar-refractivity contribution >= 4 is 11.8 Å². The molecule has 0 unspecified atom stereocenters. The summed E-state index contributed by atoms with van der Waals surface area (Å²) in [7, 11) is 0. The fourth-order valence-electron chi connectivity index (χ4n) is 0.184. The minimum absolute atomic E-state index is 1.14. The minimum atomic E-state index is 1.14. The molecule has 0 spiro atoms. The van der Waals surface area contributed by atoms with E-state index in [2.05, 4.69) is 13.2 Å². The summed E-state index contributed by atoms with van der Waals surface area (Å²) < 4.78 is 0. The van der Waals surface area contributed by atoms with E-state index in [-0.39, 0.29) is 0 Å². The van der Waals surface area contributed by atoms with Gasteiger partial charge in [0.25, 0.3) is 0 Å². The van der Waals surface area contributed by atoms with Crippen molar-refractivity contribution in [1.82, 2.24) is 0 Å². The summed E-state index contributed by atoms with van der Waals surface area (Å²) in [6, 6.07) is 0. The van der Waals surface area contributed by atoms with Crippen molar-refractivity contribution in [2.75, 3.05) is 0 Å². The molecular formula is C13H28S. The predicted octanol–water partition coefficient (Wildman–Crippen LogP) is 6.03. The fraction of sp³-hybridized carbons (Fsp3) is 0.538. The molecule has 0 saturated heterocycles. The first-order chi connectivity index (χ1) is 6.68. The van der Waals surface area contributed by atoms with E-state index in [0.29, 0.717) is 0 Å². The van der Waals surface area contributed by atoms with Crippen LogP contribution in [-0.4, -0.2) is 0 Å². The number of allylic oxidation sites excluding steroid dienone is 3. The maximum absolute atomic E-state index is 3.70. The molecule has 0 bridgehead atoms. The normalized spacial score (nSPS) is 6.79. The molecule has 0 aromatic carbocycles. The van der Waals surface area contributed by atoms with Gasteiger partial charge in [-0.25, -0.2) is 0 Å². The second-order valence-electron chi connectivity index (χ2n) is 1.70. The Morgan fingerprint density at radius 3 is 1.43 bits per heavy atom. The van der Waals surface area contributed by atoms with Gasteiger partial charge in [0.05, 0.1) is 0 Å². The molecular weight excluding hydrogens is 188 g/mol. The van der Waals surface area contributed by atoms with Gasteiger partial charge in [0, 0.05) is 0 Å². The summed E-state index contributed by atoms with van der Waals surface area (Å²) in [4.78, 5) is 1.14. The SMILES string of the molecule is C=C(C)S/C=C\C.C=CC.CC.CC. The second-order valence-corrected chi connectivity index (χ2v) is 2.90. The molecule has 0 amide bonds. The molecule has 1 heteroatoms. The second kappa shape index (κ2) is 39.0. The first-order valence-electron chi connectivity index (χ1n) is 5.19. The van der Waals surface area contributed by atoms with E-state index in [1.807, 2.05) is 60.0 Å². The summed E-state index contributed by atoms with van der Waals surface area (Å²) in [6.45, 7) is 20.9. The van der Waals surface area contributed by atoms with Crippen LogP contribution in [0.25, 0.3) is 0 Å². The average molecular weight is 216 g/mol. The van der Waals surface area contributed by atoms with Crippen LogP contribution in [0.3, 0.4) is 0 Å². The maximum atomic E-state index is 3.70. The molecule has 0 radical (unpaired) electrons. The van der Waals surface area contributed by atoms with Gasteiger partial charge >= 0.3 is 0 Å². The highest BCUT2D eigenvalue weighted by molar-refractivity contribution is 8.05. The van der Waals surface area contributed by atoms with Gasteiger partial charge in [-0.15, -0.1) is 18.3 Å². The molecule has 0 N–H and O–H groups in total. The summed E-state index contributed by atoms with van der Waals surface area (Å²) in [5, 5.41) is 2.02. The van der Waals surface area contributed by atoms with Gasteiger partial charge in [-0.1, -0.05) is 46.4 Å². The number of hydrogen-bond acceptors (Lipinski definition) is 1. The van der Waals surface area contributed by atoms with Gasteiger partial charge in [0.1, 0.15) is 0 Å². The largest absolute Gasteiger partial charge is 0.104 e. The monoisotopic (exact) mass is 216 g/mol. The van der Waals surface area contributed by atoms with Crippen LogP contribution in [0, 0.1) is 0 Å². The number of rotatable bonds is 2. The van der Waals surface area contributed by atoms with Crippen LogP contribution in [0.1, 0.15) is 48.5 Å². The van der Waals surface area contributed by atoms with Crippen LogP contribution in [-0.2, 0) is 0 Å². The lowest BCUT2D eigenvalue weighted by Gasteiger charge is -1.84. The molecule has 86 valence electrons. The van der Waals surface area contributed by atoms with Crippen LogP contribution in [0.5, 0.6) is 0 Å². The van der Waals surface area contributed by atoms with E-state index in [1.54, 1.807) is 17.8 Å². The van der Waals surface area contributed by atoms with Crippen LogP contribution in [0.2, 0.25) is 0 Å². The van der Waals surface area contributed by atoms with Crippen molar-refractivity contribution in [2.45, 2.75) is 48.5 Å². The third-order valence-electron chi connectivity index (χ3n) is 0.405. The van der Waals surface area contributed by atoms with Crippen LogP contribution < -0.4 is 0 Å². The lowest BCUT2D eigenvalue weighted by molar-refractivity contribution is 1.50. The molecule has 0 heterocycles. The summed E-state index contributed by atoms with van der Waals surface area (Å²) in [5.74, 6) is 0. The average Bonchev–Trinajstić information content (AvgIpc) is 2.22. The van der Waals surface area contributed by atoms with E-state index in [0.717, 1.165) is 4.91 Å². The highest BCUT2D eigenvalue weighted by Gasteiger charge is 1.73. The van der Waals surface area contributed by atoms with Gasteiger partial charge in [0.2, 0.25) is 0 Å². The third-order valence-corrected chi connectivity index (χ3v) is 1.22. The fourth-order valence-corrected chi connectivity index (χ4v) is 0.553. The molecule has 0 fully saturated rings. The van der Waals surface area contributed by atoms with E-state index < -0.39 is 0 Å². The summed E-state index contributed by atoms with van der Waals surface area (Å²) in [5.41, 5.74) is 0. The van der Waals surface area contributed by atoms with Gasteiger partial charge < -0.3 is 0 Å². The Bertz CT molecular complexity index is 112. The molecule has 0 aromatic rings. The molecule has 0 atom stereocenters. The Balaban J connectivity index is -0.0000000603. The Kier molecular flexibility index (Phi) is 65.2. The van der Waals surface area contributed by atoms with E-state index in [4.69, 9.17) is 0 Å². The lowest BCUT2D eigenvalue weighted by atomic mass is 10.8. The van der Waals surface area contributed by atoms with E-state index in [9.17, 15) is 0 Å². The maximum Gasteiger partial charge on any atom is -0.0211 e. The molecule has 0 saturated carbocycles. The third kappa shape index (κ3) is 101. The van der Waals surface area contributed by atoms with Gasteiger partial charge in [-0.2, -0.15) is 0 Å². The van der Waals surface area contributed by atoms with Crippen LogP contribution in [0.4, 0.5) is 0 Å². The first kappa shape index (κ1) is 23.4. The molecule has 0 aliphatic carbocycles. The number of hydrogen-bond donors (Lipinski definition) is 0. The zero-order chi connectivity index (χ0) is 12.4. The Morgan fingerprint density at radius 2 is 1.36 bits per heavy atom. The molecule has 0 aromatic heterocycles. The smallest absolute Gasteiger partial charge is 0.0211 e. The standard InChI is InChI=1S/C6H10S.C3H6.2C2H6/c1-4-5-7-6(2)3;1-3-2;2*1-2/h4-5H,2H2,1,3H3;3H,1H2,2H3;2*1-2H3/b5-4-;;;. The van der Waals surface area contributed by atoms with Crippen LogP contribution >= 0.6 is 11.8 Å². The Morgan fingerprint density at radius 1 is 1.07 bits per heavy atom. The molecule has 0 aliphatic rings. The molecule has 0 nitrogen and oxygen atoms in total. The zero-order valence-electron chi connectivity index (χ0n) is 11.1. The van der Waals surface area contributed by atoms with Crippen molar-refractivity contribution in [3.8, 4) is 0 Å². The van der Waals surface area contributed by atoms with Gasteiger partial charge in [-0.3, -0.25) is 0 Å². The van der Waals surface area contributed by atoms with E-state index in [1.165, 1.54) is 0 Å².